The van der Waals surface area contributed by atoms with Gasteiger partial charge in [0.1, 0.15) is 0 Å². The second kappa shape index (κ2) is 17.6. The van der Waals surface area contributed by atoms with Gasteiger partial charge in [-0.2, -0.15) is 9.90 Å². The normalized spacial score (nSPS) is 9.95. The number of rotatable bonds is 14. The molecule has 0 heterocycles. The first-order valence-corrected chi connectivity index (χ1v) is 7.54. The summed E-state index contributed by atoms with van der Waals surface area (Å²) in [6.07, 6.45) is 15.2. The van der Waals surface area contributed by atoms with E-state index in [-0.39, 0.29) is 16.5 Å². The van der Waals surface area contributed by atoms with Crippen molar-refractivity contribution in [1.82, 2.24) is 0 Å². The Hall–Kier alpha value is -0.370. The van der Waals surface area contributed by atoms with E-state index in [0.29, 0.717) is 0 Å². The Morgan fingerprint density at radius 3 is 1.53 bits per heavy atom. The van der Waals surface area contributed by atoms with Crippen LogP contribution < -0.4 is 0 Å². The Morgan fingerprint density at radius 2 is 1.16 bits per heavy atom. The average molecular weight is 293 g/mol. The Bertz CT molecular complexity index is 192. The van der Waals surface area contributed by atoms with Crippen molar-refractivity contribution >= 4 is 9.90 Å². The lowest BCUT2D eigenvalue weighted by atomic mass is 10.1. The molecule has 116 valence electrons. The van der Waals surface area contributed by atoms with E-state index < -0.39 is 5.09 Å². The molecule has 0 rings (SSSR count). The third-order valence-corrected chi connectivity index (χ3v) is 3.19. The van der Waals surface area contributed by atoms with E-state index >= 15 is 0 Å². The molecule has 0 aliphatic carbocycles. The average Bonchev–Trinajstić information content (AvgIpc) is 2.34. The predicted octanol–water partition coefficient (Wildman–Crippen LogP) is 4.95. The minimum atomic E-state index is -0.710. The van der Waals surface area contributed by atoms with Crippen LogP contribution in [0.2, 0.25) is 0 Å². The molecule has 0 aromatic carbocycles. The first-order valence-electron chi connectivity index (χ1n) is 7.54. The highest BCUT2D eigenvalue weighted by Crippen LogP contribution is 2.11. The van der Waals surface area contributed by atoms with E-state index in [0.717, 1.165) is 12.8 Å². The summed E-state index contributed by atoms with van der Waals surface area (Å²) in [4.78, 5) is 14.1. The van der Waals surface area contributed by atoms with Gasteiger partial charge < -0.3 is 4.84 Å². The summed E-state index contributed by atoms with van der Waals surface area (Å²) in [5, 5.41) is 9.17. The highest BCUT2D eigenvalue weighted by molar-refractivity contribution is 6.92. The molecule has 1 atom stereocenters. The van der Waals surface area contributed by atoms with Crippen molar-refractivity contribution in [2.75, 3.05) is 6.61 Å². The number of nitrogens with zero attached hydrogens (tertiary/aromatic N) is 1. The standard InChI is InChI=1S/C14H29NO3.H3P/c1-2-3-4-5-6-7-8-9-10-11-12-13-14-18-15(16)17;/h2-14H2,1H3;1H3. The van der Waals surface area contributed by atoms with Crippen LogP contribution in [-0.2, 0) is 4.84 Å². The van der Waals surface area contributed by atoms with Gasteiger partial charge >= 0.3 is 0 Å². The van der Waals surface area contributed by atoms with Crippen LogP contribution in [0.5, 0.6) is 0 Å². The summed E-state index contributed by atoms with van der Waals surface area (Å²) < 4.78 is 0. The zero-order chi connectivity index (χ0) is 13.5. The van der Waals surface area contributed by atoms with Crippen LogP contribution in [0.1, 0.15) is 84.0 Å². The molecule has 19 heavy (non-hydrogen) atoms. The van der Waals surface area contributed by atoms with Crippen LogP contribution in [-0.4, -0.2) is 11.7 Å². The van der Waals surface area contributed by atoms with Crippen LogP contribution in [0, 0.1) is 10.1 Å². The van der Waals surface area contributed by atoms with Crippen molar-refractivity contribution in [2.24, 2.45) is 0 Å². The highest BCUT2D eigenvalue weighted by atomic mass is 31.0. The summed E-state index contributed by atoms with van der Waals surface area (Å²) in [7, 11) is 0. The van der Waals surface area contributed by atoms with Crippen molar-refractivity contribution in [3.63, 3.8) is 0 Å². The predicted molar refractivity (Wildman–Crippen MR) is 85.1 cm³/mol. The lowest BCUT2D eigenvalue weighted by Gasteiger charge is -2.02. The van der Waals surface area contributed by atoms with Crippen LogP contribution in [0.15, 0.2) is 0 Å². The quantitative estimate of drug-likeness (QED) is 0.197. The molecule has 0 radical (unpaired) electrons. The second-order valence-electron chi connectivity index (χ2n) is 4.95. The van der Waals surface area contributed by atoms with Crippen molar-refractivity contribution < 1.29 is 9.92 Å². The molecule has 0 aromatic heterocycles. The van der Waals surface area contributed by atoms with Gasteiger partial charge in [-0.3, -0.25) is 0 Å². The summed E-state index contributed by atoms with van der Waals surface area (Å²) in [5.74, 6) is 0. The molecule has 0 aromatic rings. The zero-order valence-electron chi connectivity index (χ0n) is 12.6. The lowest BCUT2D eigenvalue weighted by molar-refractivity contribution is -0.757. The summed E-state index contributed by atoms with van der Waals surface area (Å²) in [6.45, 7) is 2.50. The topological polar surface area (TPSA) is 52.4 Å². The van der Waals surface area contributed by atoms with Gasteiger partial charge in [-0.1, -0.05) is 77.6 Å². The van der Waals surface area contributed by atoms with Gasteiger partial charge in [0, 0.05) is 0 Å². The molecule has 0 amide bonds. The number of hydrogen-bond acceptors (Lipinski definition) is 3. The van der Waals surface area contributed by atoms with Gasteiger partial charge in [0.15, 0.2) is 0 Å². The molecule has 0 spiro atoms. The SMILES string of the molecule is CCCCCCCCCCCCCCO[N+](=O)[O-].P. The number of unbranched alkanes of at least 4 members (excludes halogenated alkanes) is 11. The summed E-state index contributed by atoms with van der Waals surface area (Å²) in [5.41, 5.74) is 0. The third kappa shape index (κ3) is 20.1. The Morgan fingerprint density at radius 1 is 0.789 bits per heavy atom. The van der Waals surface area contributed by atoms with Gasteiger partial charge in [-0.15, -0.1) is 10.1 Å². The van der Waals surface area contributed by atoms with Crippen molar-refractivity contribution in [1.29, 1.82) is 0 Å². The van der Waals surface area contributed by atoms with Gasteiger partial charge in [-0.25, -0.2) is 0 Å². The maximum absolute atomic E-state index is 9.88. The highest BCUT2D eigenvalue weighted by Gasteiger charge is 1.95. The molecule has 0 saturated carbocycles. The maximum Gasteiger partial charge on any atom is 0.294 e. The fourth-order valence-corrected chi connectivity index (χ4v) is 2.08. The molecule has 5 heteroatoms. The Kier molecular flexibility index (Phi) is 19.4. The minimum Gasteiger partial charge on any atom is -0.314 e. The monoisotopic (exact) mass is 293 g/mol. The molecule has 0 bridgehead atoms. The summed E-state index contributed by atoms with van der Waals surface area (Å²) >= 11 is 0. The minimum absolute atomic E-state index is 0. The first-order chi connectivity index (χ1) is 8.77. The van der Waals surface area contributed by atoms with Gasteiger partial charge in [0.05, 0.1) is 6.61 Å². The van der Waals surface area contributed by atoms with Crippen molar-refractivity contribution in [3.05, 3.63) is 10.1 Å². The molecular weight excluding hydrogens is 261 g/mol. The van der Waals surface area contributed by atoms with Gasteiger partial charge in [-0.05, 0) is 6.42 Å². The molecule has 0 aliphatic heterocycles. The molecule has 4 nitrogen and oxygen atoms in total. The van der Waals surface area contributed by atoms with Crippen molar-refractivity contribution in [2.45, 2.75) is 84.0 Å². The van der Waals surface area contributed by atoms with Crippen LogP contribution >= 0.6 is 9.90 Å². The third-order valence-electron chi connectivity index (χ3n) is 3.19. The molecule has 0 fully saturated rings. The zero-order valence-corrected chi connectivity index (χ0v) is 14.0. The van der Waals surface area contributed by atoms with Crippen LogP contribution in [0.3, 0.4) is 0 Å². The van der Waals surface area contributed by atoms with E-state index in [9.17, 15) is 10.1 Å². The lowest BCUT2D eigenvalue weighted by Crippen LogP contribution is -2.01. The van der Waals surface area contributed by atoms with E-state index in [1.54, 1.807) is 0 Å². The summed E-state index contributed by atoms with van der Waals surface area (Å²) in [6, 6.07) is 0. The first kappa shape index (κ1) is 20.9. The smallest absolute Gasteiger partial charge is 0.294 e. The Balaban J connectivity index is 0. The van der Waals surface area contributed by atoms with Gasteiger partial charge in [0.25, 0.3) is 5.09 Å². The Labute approximate surface area is 121 Å². The second-order valence-corrected chi connectivity index (χ2v) is 4.95. The molecule has 0 saturated heterocycles. The molecular formula is C14H32NO3P. The van der Waals surface area contributed by atoms with Gasteiger partial charge in [0.2, 0.25) is 0 Å². The van der Waals surface area contributed by atoms with E-state index in [4.69, 9.17) is 0 Å². The van der Waals surface area contributed by atoms with Crippen LogP contribution in [0.4, 0.5) is 0 Å². The van der Waals surface area contributed by atoms with Crippen molar-refractivity contribution in [3.8, 4) is 0 Å². The molecule has 1 unspecified atom stereocenters. The van der Waals surface area contributed by atoms with E-state index in [1.165, 1.54) is 64.2 Å². The van der Waals surface area contributed by atoms with E-state index in [2.05, 4.69) is 11.8 Å². The number of hydrogen-bond donors (Lipinski definition) is 0. The fourth-order valence-electron chi connectivity index (χ4n) is 2.08. The van der Waals surface area contributed by atoms with E-state index in [1.807, 2.05) is 0 Å². The fraction of sp³-hybridized carbons (Fsp3) is 1.00. The molecule has 0 aliphatic rings. The largest absolute Gasteiger partial charge is 0.314 e. The van der Waals surface area contributed by atoms with Crippen LogP contribution in [0.25, 0.3) is 0 Å². The molecule has 0 N–H and O–H groups in total. The maximum atomic E-state index is 9.88.